The number of carbonyl (C=O) groups excluding carboxylic acids is 1. The van der Waals surface area contributed by atoms with Gasteiger partial charge in [0.25, 0.3) is 5.56 Å². The van der Waals surface area contributed by atoms with Gasteiger partial charge in [-0.2, -0.15) is 0 Å². The summed E-state index contributed by atoms with van der Waals surface area (Å²) in [5.41, 5.74) is -0.805. The minimum absolute atomic E-state index is 0.00705. The van der Waals surface area contributed by atoms with Crippen molar-refractivity contribution >= 4 is 11.8 Å². The number of likely N-dealkylation sites (tertiary alicyclic amines) is 1. The molecule has 1 aromatic heterocycles. The highest BCUT2D eigenvalue weighted by Gasteiger charge is 2.56. The van der Waals surface area contributed by atoms with Gasteiger partial charge in [-0.3, -0.25) is 9.36 Å². The van der Waals surface area contributed by atoms with Crippen LogP contribution in [0, 0.1) is 5.41 Å². The largest absolute Gasteiger partial charge is 0.387 e. The molecule has 0 radical (unpaired) electrons. The Morgan fingerprint density at radius 2 is 2.08 bits per heavy atom. The number of urea groups is 1. The van der Waals surface area contributed by atoms with Crippen molar-refractivity contribution in [3.63, 3.8) is 0 Å². The standard InChI is InChI=1S/C27H40N6O3/c1-4-5-6-9-21(2)22-17-29-13-15-33(22)25(35)31-14-12-27(36,26(18-31)10-7-8-11-26)19-32-20-30-23(28-3)16-24(32)34/h4-6,9,16,20,22,28-29,36H,2,7-8,10-15,17-19H2,1,3H3/b5-4-,9-6-/t22-,27+/m0/s1. The molecule has 0 aromatic carbocycles. The van der Waals surface area contributed by atoms with Crippen molar-refractivity contribution in [3.8, 4) is 0 Å². The molecule has 9 heteroatoms. The molecular weight excluding hydrogens is 456 g/mol. The molecule has 2 amide bonds. The molecule has 9 nitrogen and oxygen atoms in total. The minimum atomic E-state index is -1.07. The number of allylic oxidation sites excluding steroid dienone is 3. The van der Waals surface area contributed by atoms with Gasteiger partial charge in [-0.15, -0.1) is 0 Å². The first-order valence-corrected chi connectivity index (χ1v) is 13.0. The SMILES string of the molecule is C=C(/C=C\C=C/C)[C@@H]1CNCCN1C(=O)N1CC[C@@](O)(Cn2cnc(NC)cc2=O)C2(CCCC2)C1. The van der Waals surface area contributed by atoms with Gasteiger partial charge in [0.2, 0.25) is 0 Å². The van der Waals surface area contributed by atoms with E-state index in [-0.39, 0.29) is 24.2 Å². The average Bonchev–Trinajstić information content (AvgIpc) is 3.36. The van der Waals surface area contributed by atoms with Crippen LogP contribution in [0.15, 0.2) is 53.6 Å². The van der Waals surface area contributed by atoms with Gasteiger partial charge in [-0.25, -0.2) is 9.78 Å². The third-order valence-corrected chi connectivity index (χ3v) is 8.21. The fourth-order valence-corrected chi connectivity index (χ4v) is 6.07. The summed E-state index contributed by atoms with van der Waals surface area (Å²) in [4.78, 5) is 34.6. The first-order valence-electron chi connectivity index (χ1n) is 13.0. The van der Waals surface area contributed by atoms with Gasteiger partial charge in [-0.1, -0.05) is 43.7 Å². The van der Waals surface area contributed by atoms with Crippen LogP contribution in [0.5, 0.6) is 0 Å². The summed E-state index contributed by atoms with van der Waals surface area (Å²) < 4.78 is 1.51. The third-order valence-electron chi connectivity index (χ3n) is 8.21. The molecule has 2 saturated heterocycles. The van der Waals surface area contributed by atoms with E-state index < -0.39 is 11.0 Å². The van der Waals surface area contributed by atoms with Crippen LogP contribution in [0.4, 0.5) is 10.6 Å². The van der Waals surface area contributed by atoms with Crippen molar-refractivity contribution in [3.05, 3.63) is 59.2 Å². The lowest BCUT2D eigenvalue weighted by atomic mass is 9.66. The molecule has 1 aromatic rings. The van der Waals surface area contributed by atoms with E-state index in [0.29, 0.717) is 38.4 Å². The zero-order valence-electron chi connectivity index (χ0n) is 21.6. The van der Waals surface area contributed by atoms with Gasteiger partial charge >= 0.3 is 6.03 Å². The van der Waals surface area contributed by atoms with Crippen LogP contribution >= 0.6 is 0 Å². The van der Waals surface area contributed by atoms with E-state index in [1.54, 1.807) is 7.05 Å². The molecule has 36 heavy (non-hydrogen) atoms. The highest BCUT2D eigenvalue weighted by Crippen LogP contribution is 2.51. The number of piperidine rings is 1. The highest BCUT2D eigenvalue weighted by atomic mass is 16.3. The van der Waals surface area contributed by atoms with Gasteiger partial charge in [0, 0.05) is 51.3 Å². The van der Waals surface area contributed by atoms with Crippen molar-refractivity contribution in [2.24, 2.45) is 5.41 Å². The Balaban J connectivity index is 1.53. The average molecular weight is 497 g/mol. The Labute approximate surface area is 213 Å². The van der Waals surface area contributed by atoms with Crippen LogP contribution < -0.4 is 16.2 Å². The third kappa shape index (κ3) is 5.13. The summed E-state index contributed by atoms with van der Waals surface area (Å²) in [7, 11) is 1.72. The number of hydrogen-bond donors (Lipinski definition) is 3. The van der Waals surface area contributed by atoms with Crippen molar-refractivity contribution in [2.75, 3.05) is 45.1 Å². The van der Waals surface area contributed by atoms with Gasteiger partial charge in [-0.05, 0) is 31.8 Å². The minimum Gasteiger partial charge on any atom is -0.387 e. The van der Waals surface area contributed by atoms with Gasteiger partial charge < -0.3 is 25.5 Å². The maximum absolute atomic E-state index is 13.8. The number of anilines is 1. The fourth-order valence-electron chi connectivity index (χ4n) is 6.07. The van der Waals surface area contributed by atoms with Gasteiger partial charge in [0.05, 0.1) is 24.5 Å². The molecule has 0 unspecified atom stereocenters. The van der Waals surface area contributed by atoms with Crippen LogP contribution in [0.3, 0.4) is 0 Å². The number of rotatable bonds is 6. The van der Waals surface area contributed by atoms with Gasteiger partial charge in [0.15, 0.2) is 0 Å². The number of nitrogens with zero attached hydrogens (tertiary/aromatic N) is 4. The molecule has 3 fully saturated rings. The van der Waals surface area contributed by atoms with E-state index >= 15 is 0 Å². The Morgan fingerprint density at radius 3 is 2.78 bits per heavy atom. The van der Waals surface area contributed by atoms with Crippen LogP contribution in [0.1, 0.15) is 39.0 Å². The monoisotopic (exact) mass is 496 g/mol. The Kier molecular flexibility index (Phi) is 8.00. The lowest BCUT2D eigenvalue weighted by Gasteiger charge is -2.53. The number of aliphatic hydroxyl groups is 1. The number of aromatic nitrogens is 2. The highest BCUT2D eigenvalue weighted by molar-refractivity contribution is 5.76. The molecule has 4 rings (SSSR count). The molecule has 0 bridgehead atoms. The summed E-state index contributed by atoms with van der Waals surface area (Å²) >= 11 is 0. The number of hydrogen-bond acceptors (Lipinski definition) is 6. The Bertz CT molecular complexity index is 1070. The van der Waals surface area contributed by atoms with Crippen LogP contribution in [-0.4, -0.2) is 81.9 Å². The molecule has 3 N–H and O–H groups in total. The summed E-state index contributed by atoms with van der Waals surface area (Å²) in [5.74, 6) is 0.506. The van der Waals surface area contributed by atoms with E-state index in [9.17, 15) is 14.7 Å². The van der Waals surface area contributed by atoms with Crippen molar-refractivity contribution in [2.45, 2.75) is 57.2 Å². The summed E-state index contributed by atoms with van der Waals surface area (Å²) in [6.07, 6.45) is 13.5. The van der Waals surface area contributed by atoms with Crippen molar-refractivity contribution in [1.29, 1.82) is 0 Å². The Hall–Kier alpha value is -2.91. The maximum atomic E-state index is 13.8. The van der Waals surface area contributed by atoms with E-state index in [0.717, 1.165) is 37.8 Å². The fraction of sp³-hybridized carbons (Fsp3) is 0.593. The van der Waals surface area contributed by atoms with Crippen LogP contribution in [0.25, 0.3) is 0 Å². The van der Waals surface area contributed by atoms with Crippen molar-refractivity contribution < 1.29 is 9.90 Å². The zero-order chi connectivity index (χ0) is 25.8. The van der Waals surface area contributed by atoms with E-state index in [1.165, 1.54) is 17.0 Å². The first-order chi connectivity index (χ1) is 17.3. The molecular formula is C27H40N6O3. The second-order valence-corrected chi connectivity index (χ2v) is 10.3. The second-order valence-electron chi connectivity index (χ2n) is 10.3. The predicted molar refractivity (Wildman–Crippen MR) is 142 cm³/mol. The summed E-state index contributed by atoms with van der Waals surface area (Å²) in [6, 6.07) is 1.35. The molecule has 2 atom stereocenters. The molecule has 3 heterocycles. The smallest absolute Gasteiger partial charge is 0.320 e. The summed E-state index contributed by atoms with van der Waals surface area (Å²) in [5, 5.41) is 18.3. The van der Waals surface area contributed by atoms with E-state index in [1.807, 2.05) is 41.0 Å². The molecule has 2 aliphatic heterocycles. The lowest BCUT2D eigenvalue weighted by molar-refractivity contribution is -0.136. The topological polar surface area (TPSA) is 103 Å². The maximum Gasteiger partial charge on any atom is 0.320 e. The first kappa shape index (κ1) is 26.2. The van der Waals surface area contributed by atoms with E-state index in [4.69, 9.17) is 0 Å². The zero-order valence-corrected chi connectivity index (χ0v) is 21.6. The molecule has 1 saturated carbocycles. The normalized spacial score (nSPS) is 26.2. The quantitative estimate of drug-likeness (QED) is 0.523. The molecule has 1 aliphatic carbocycles. The van der Waals surface area contributed by atoms with Gasteiger partial charge in [0.1, 0.15) is 5.82 Å². The van der Waals surface area contributed by atoms with Crippen molar-refractivity contribution in [1.82, 2.24) is 24.7 Å². The van der Waals surface area contributed by atoms with Crippen LogP contribution in [0.2, 0.25) is 0 Å². The van der Waals surface area contributed by atoms with E-state index in [2.05, 4.69) is 22.2 Å². The molecule has 3 aliphatic rings. The molecule has 196 valence electrons. The second kappa shape index (κ2) is 11.0. The molecule has 1 spiro atoms. The lowest BCUT2D eigenvalue weighted by Crippen LogP contribution is -2.65. The number of piperazine rings is 1. The predicted octanol–water partition coefficient (Wildman–Crippen LogP) is 2.36. The summed E-state index contributed by atoms with van der Waals surface area (Å²) in [6.45, 7) is 9.37. The number of carbonyl (C=O) groups is 1. The number of amides is 2. The number of nitrogens with one attached hydrogen (secondary N) is 2. The van der Waals surface area contributed by atoms with Crippen LogP contribution in [-0.2, 0) is 6.54 Å². The Morgan fingerprint density at radius 1 is 1.31 bits per heavy atom.